The molecule has 3 N–H and O–H groups in total. The van der Waals surface area contributed by atoms with Crippen LogP contribution >= 0.6 is 0 Å². The minimum Gasteiger partial charge on any atom is -0.497 e. The van der Waals surface area contributed by atoms with Gasteiger partial charge in [0.15, 0.2) is 0 Å². The minimum atomic E-state index is -3.51. The Balaban J connectivity index is 1.18. The topological polar surface area (TPSA) is 117 Å². The molecule has 0 saturated carbocycles. The lowest BCUT2D eigenvalue weighted by atomic mass is 9.98. The number of ether oxygens (including phenoxy) is 2. The first kappa shape index (κ1) is 24.5. The molecule has 1 saturated heterocycles. The summed E-state index contributed by atoms with van der Waals surface area (Å²) in [7, 11) is -1.97. The van der Waals surface area contributed by atoms with E-state index in [9.17, 15) is 18.3 Å². The van der Waals surface area contributed by atoms with Gasteiger partial charge in [-0.25, -0.2) is 8.42 Å². The number of nitrogens with zero attached hydrogens (tertiary/aromatic N) is 1. The maximum absolute atomic E-state index is 12.9. The Morgan fingerprint density at radius 3 is 2.62 bits per heavy atom. The first-order valence-electron chi connectivity index (χ1n) is 11.4. The summed E-state index contributed by atoms with van der Waals surface area (Å²) < 4.78 is 38.1. The summed E-state index contributed by atoms with van der Waals surface area (Å²) in [5.41, 5.74) is 1.58. The van der Waals surface area contributed by atoms with E-state index in [1.165, 1.54) is 4.31 Å². The molecule has 0 aromatic heterocycles. The summed E-state index contributed by atoms with van der Waals surface area (Å²) in [6.45, 7) is 2.13. The monoisotopic (exact) mass is 489 g/mol. The van der Waals surface area contributed by atoms with Crippen LogP contribution in [0.5, 0.6) is 11.5 Å². The molecule has 2 aliphatic rings. The summed E-state index contributed by atoms with van der Waals surface area (Å²) >= 11 is 0. The van der Waals surface area contributed by atoms with Crippen LogP contribution in [-0.4, -0.2) is 69.7 Å². The standard InChI is InChI=1S/C24H31N3O6S/c1-32-19-5-7-20(8-6-19)34(30,31)27-11-9-17(10-12-27)14-25-15-18(28)16-33-23-4-2-3-22-21(23)13-24(29)26-22/h2-8,17-18,25,28H,9-16H2,1H3,(H,26,29)/t18-/m0/s1. The smallest absolute Gasteiger partial charge is 0.243 e. The third-order valence-electron chi connectivity index (χ3n) is 6.26. The third kappa shape index (κ3) is 5.69. The summed E-state index contributed by atoms with van der Waals surface area (Å²) in [6.07, 6.45) is 1.10. The van der Waals surface area contributed by atoms with E-state index < -0.39 is 16.1 Å². The number of hydrogen-bond donors (Lipinski definition) is 3. The van der Waals surface area contributed by atoms with Crippen molar-refractivity contribution in [2.45, 2.75) is 30.3 Å². The van der Waals surface area contributed by atoms with Crippen molar-refractivity contribution in [2.24, 2.45) is 5.92 Å². The molecule has 184 valence electrons. The molecule has 2 heterocycles. The Labute approximate surface area is 200 Å². The Morgan fingerprint density at radius 1 is 1.18 bits per heavy atom. The number of carbonyl (C=O) groups is 1. The number of carbonyl (C=O) groups excluding carboxylic acids is 1. The molecular formula is C24H31N3O6S. The highest BCUT2D eigenvalue weighted by molar-refractivity contribution is 7.89. The van der Waals surface area contributed by atoms with Gasteiger partial charge in [-0.3, -0.25) is 4.79 Å². The summed E-state index contributed by atoms with van der Waals surface area (Å²) in [5.74, 6) is 1.51. The fourth-order valence-corrected chi connectivity index (χ4v) is 5.77. The van der Waals surface area contributed by atoms with Crippen molar-refractivity contribution in [1.29, 1.82) is 0 Å². The lowest BCUT2D eigenvalue weighted by molar-refractivity contribution is -0.115. The Morgan fingerprint density at radius 2 is 1.91 bits per heavy atom. The zero-order valence-corrected chi connectivity index (χ0v) is 20.0. The molecule has 2 aromatic carbocycles. The molecule has 0 spiro atoms. The molecular weight excluding hydrogens is 458 g/mol. The van der Waals surface area contributed by atoms with Crippen LogP contribution in [0.2, 0.25) is 0 Å². The molecule has 1 amide bonds. The second-order valence-corrected chi connectivity index (χ2v) is 10.6. The minimum absolute atomic E-state index is 0.0592. The Kier molecular flexibility index (Phi) is 7.72. The zero-order chi connectivity index (χ0) is 24.1. The Hall–Kier alpha value is -2.66. The van der Waals surface area contributed by atoms with Crippen molar-refractivity contribution >= 4 is 21.6 Å². The predicted molar refractivity (Wildman–Crippen MR) is 128 cm³/mol. The number of aliphatic hydroxyl groups is 1. The van der Waals surface area contributed by atoms with Gasteiger partial charge < -0.3 is 25.2 Å². The van der Waals surface area contributed by atoms with Crippen LogP contribution in [0.15, 0.2) is 47.4 Å². The van der Waals surface area contributed by atoms with E-state index in [4.69, 9.17) is 9.47 Å². The average molecular weight is 490 g/mol. The number of sulfonamides is 1. The third-order valence-corrected chi connectivity index (χ3v) is 8.17. The summed E-state index contributed by atoms with van der Waals surface area (Å²) in [5, 5.41) is 16.3. The molecule has 2 aliphatic heterocycles. The highest BCUT2D eigenvalue weighted by atomic mass is 32.2. The molecule has 9 nitrogen and oxygen atoms in total. The first-order chi connectivity index (χ1) is 16.4. The van der Waals surface area contributed by atoms with Crippen LogP contribution in [-0.2, 0) is 21.2 Å². The van der Waals surface area contributed by atoms with Crippen LogP contribution in [0, 0.1) is 5.92 Å². The van der Waals surface area contributed by atoms with Crippen LogP contribution in [0.25, 0.3) is 0 Å². The van der Waals surface area contributed by atoms with Crippen molar-refractivity contribution in [1.82, 2.24) is 9.62 Å². The lowest BCUT2D eigenvalue weighted by Gasteiger charge is -2.31. The van der Waals surface area contributed by atoms with E-state index in [-0.39, 0.29) is 23.8 Å². The maximum Gasteiger partial charge on any atom is 0.243 e. The number of amides is 1. The number of rotatable bonds is 10. The van der Waals surface area contributed by atoms with Crippen LogP contribution in [0.4, 0.5) is 5.69 Å². The number of benzene rings is 2. The molecule has 34 heavy (non-hydrogen) atoms. The molecule has 0 bridgehead atoms. The normalized spacial score (nSPS) is 17.8. The van der Waals surface area contributed by atoms with Crippen molar-refractivity contribution < 1.29 is 27.8 Å². The van der Waals surface area contributed by atoms with Gasteiger partial charge in [-0.2, -0.15) is 4.31 Å². The fourth-order valence-electron chi connectivity index (χ4n) is 4.30. The zero-order valence-electron chi connectivity index (χ0n) is 19.2. The van der Waals surface area contributed by atoms with Gasteiger partial charge in [0.25, 0.3) is 0 Å². The SMILES string of the molecule is COc1ccc(S(=O)(=O)N2CCC(CNC[C@H](O)COc3cccc4c3CC(=O)N4)CC2)cc1. The quantitative estimate of drug-likeness (QED) is 0.464. The summed E-state index contributed by atoms with van der Waals surface area (Å²) in [6, 6.07) is 11.9. The summed E-state index contributed by atoms with van der Waals surface area (Å²) in [4.78, 5) is 11.9. The number of aliphatic hydroxyl groups excluding tert-OH is 1. The fraction of sp³-hybridized carbons (Fsp3) is 0.458. The Bertz CT molecular complexity index is 1100. The molecule has 1 atom stereocenters. The molecule has 1 fully saturated rings. The number of fused-ring (bicyclic) bond motifs is 1. The highest BCUT2D eigenvalue weighted by Crippen LogP contribution is 2.31. The van der Waals surface area contributed by atoms with Gasteiger partial charge >= 0.3 is 0 Å². The van der Waals surface area contributed by atoms with E-state index in [2.05, 4.69) is 10.6 Å². The number of nitrogens with one attached hydrogen (secondary N) is 2. The molecule has 0 unspecified atom stereocenters. The number of anilines is 1. The average Bonchev–Trinajstić information content (AvgIpc) is 3.24. The van der Waals surface area contributed by atoms with Gasteiger partial charge in [-0.15, -0.1) is 0 Å². The van der Waals surface area contributed by atoms with Gasteiger partial charge in [0.05, 0.1) is 18.4 Å². The molecule has 10 heteroatoms. The van der Waals surface area contributed by atoms with Crippen molar-refractivity contribution in [3.05, 3.63) is 48.0 Å². The molecule has 0 radical (unpaired) electrons. The number of methoxy groups -OCH3 is 1. The van der Waals surface area contributed by atoms with Crippen LogP contribution in [0.1, 0.15) is 18.4 Å². The molecule has 0 aliphatic carbocycles. The second kappa shape index (κ2) is 10.7. The largest absolute Gasteiger partial charge is 0.497 e. The van der Waals surface area contributed by atoms with Gasteiger partial charge in [0.1, 0.15) is 24.2 Å². The van der Waals surface area contributed by atoms with Gasteiger partial charge in [0.2, 0.25) is 15.9 Å². The number of hydrogen-bond acceptors (Lipinski definition) is 7. The lowest BCUT2D eigenvalue weighted by Crippen LogP contribution is -2.42. The van der Waals surface area contributed by atoms with E-state index in [1.54, 1.807) is 37.4 Å². The van der Waals surface area contributed by atoms with Gasteiger partial charge in [-0.05, 0) is 61.7 Å². The second-order valence-electron chi connectivity index (χ2n) is 8.65. The predicted octanol–water partition coefficient (Wildman–Crippen LogP) is 1.62. The molecule has 4 rings (SSSR count). The van der Waals surface area contributed by atoms with Crippen molar-refractivity contribution in [3.63, 3.8) is 0 Å². The van der Waals surface area contributed by atoms with E-state index >= 15 is 0 Å². The van der Waals surface area contributed by atoms with Crippen molar-refractivity contribution in [3.8, 4) is 11.5 Å². The van der Waals surface area contributed by atoms with Crippen LogP contribution in [0.3, 0.4) is 0 Å². The van der Waals surface area contributed by atoms with Gasteiger partial charge in [0, 0.05) is 30.9 Å². The number of piperidine rings is 1. The molecule has 2 aromatic rings. The van der Waals surface area contributed by atoms with Crippen LogP contribution < -0.4 is 20.1 Å². The first-order valence-corrected chi connectivity index (χ1v) is 12.9. The highest BCUT2D eigenvalue weighted by Gasteiger charge is 2.29. The van der Waals surface area contributed by atoms with E-state index in [1.807, 2.05) is 12.1 Å². The van der Waals surface area contributed by atoms with E-state index in [0.717, 1.165) is 24.1 Å². The maximum atomic E-state index is 12.9. The van der Waals surface area contributed by atoms with Gasteiger partial charge in [-0.1, -0.05) is 6.07 Å². The van der Waals surface area contributed by atoms with Crippen molar-refractivity contribution in [2.75, 3.05) is 45.2 Å². The van der Waals surface area contributed by atoms with E-state index in [0.29, 0.717) is 43.6 Å².